The van der Waals surface area contributed by atoms with Crippen LogP contribution in [0, 0.1) is 0 Å². The van der Waals surface area contributed by atoms with Gasteiger partial charge in [0.2, 0.25) is 0 Å². The van der Waals surface area contributed by atoms with Crippen molar-refractivity contribution in [3.8, 4) is 5.75 Å². The average Bonchev–Trinajstić information content (AvgIpc) is 2.46. The summed E-state index contributed by atoms with van der Waals surface area (Å²) in [5, 5.41) is 3.47. The Balaban J connectivity index is 1.77. The van der Waals surface area contributed by atoms with E-state index in [0.29, 0.717) is 23.7 Å². The van der Waals surface area contributed by atoms with Crippen molar-refractivity contribution in [2.75, 3.05) is 13.2 Å². The first-order chi connectivity index (χ1) is 9.66. The molecular weight excluding hydrogens is 342 g/mol. The van der Waals surface area contributed by atoms with Crippen molar-refractivity contribution in [2.24, 2.45) is 0 Å². The Morgan fingerprint density at radius 3 is 2.55 bits per heavy atom. The van der Waals surface area contributed by atoms with Crippen LogP contribution in [0.15, 0.2) is 53.0 Å². The minimum atomic E-state index is -0.128. The zero-order valence-electron chi connectivity index (χ0n) is 10.6. The molecule has 0 saturated heterocycles. The van der Waals surface area contributed by atoms with Crippen LogP contribution in [0.1, 0.15) is 10.4 Å². The van der Waals surface area contributed by atoms with Gasteiger partial charge in [-0.3, -0.25) is 4.79 Å². The van der Waals surface area contributed by atoms with Crippen LogP contribution in [0.4, 0.5) is 0 Å². The second-order valence-corrected chi connectivity index (χ2v) is 5.33. The van der Waals surface area contributed by atoms with Gasteiger partial charge in [-0.2, -0.15) is 0 Å². The molecule has 2 aromatic rings. The Morgan fingerprint density at radius 2 is 1.85 bits per heavy atom. The van der Waals surface area contributed by atoms with Gasteiger partial charge in [0.25, 0.3) is 5.91 Å². The lowest BCUT2D eigenvalue weighted by atomic mass is 10.2. The predicted octanol–water partition coefficient (Wildman–Crippen LogP) is 3.91. The topological polar surface area (TPSA) is 38.3 Å². The first-order valence-corrected chi connectivity index (χ1v) is 7.25. The molecule has 0 atom stereocenters. The molecule has 3 nitrogen and oxygen atoms in total. The highest BCUT2D eigenvalue weighted by Crippen LogP contribution is 2.16. The molecule has 0 unspecified atom stereocenters. The van der Waals surface area contributed by atoms with Crippen molar-refractivity contribution in [3.63, 3.8) is 0 Å². The SMILES string of the molecule is O=C(NCCOc1ccc(Cl)cc1)c1ccccc1Br. The van der Waals surface area contributed by atoms with Gasteiger partial charge in [-0.1, -0.05) is 23.7 Å². The highest BCUT2D eigenvalue weighted by Gasteiger charge is 2.07. The van der Waals surface area contributed by atoms with Crippen LogP contribution in [0.25, 0.3) is 0 Å². The number of halogens is 2. The van der Waals surface area contributed by atoms with Crippen molar-refractivity contribution in [1.82, 2.24) is 5.32 Å². The van der Waals surface area contributed by atoms with Gasteiger partial charge >= 0.3 is 0 Å². The minimum absolute atomic E-state index is 0.128. The van der Waals surface area contributed by atoms with E-state index in [1.54, 1.807) is 30.3 Å². The van der Waals surface area contributed by atoms with E-state index >= 15 is 0 Å². The maximum absolute atomic E-state index is 11.9. The van der Waals surface area contributed by atoms with Crippen LogP contribution in [-0.4, -0.2) is 19.1 Å². The number of carbonyl (C=O) groups excluding carboxylic acids is 1. The first-order valence-electron chi connectivity index (χ1n) is 6.08. The number of rotatable bonds is 5. The second kappa shape index (κ2) is 7.31. The molecule has 0 aliphatic heterocycles. The fourth-order valence-corrected chi connectivity index (χ4v) is 2.20. The molecule has 1 amide bonds. The van der Waals surface area contributed by atoms with Crippen LogP contribution < -0.4 is 10.1 Å². The number of hydrogen-bond acceptors (Lipinski definition) is 2. The van der Waals surface area contributed by atoms with E-state index in [1.807, 2.05) is 18.2 Å². The lowest BCUT2D eigenvalue weighted by Gasteiger charge is -2.08. The Morgan fingerprint density at radius 1 is 1.15 bits per heavy atom. The van der Waals surface area contributed by atoms with Crippen LogP contribution in [-0.2, 0) is 0 Å². The number of hydrogen-bond donors (Lipinski definition) is 1. The van der Waals surface area contributed by atoms with E-state index in [4.69, 9.17) is 16.3 Å². The summed E-state index contributed by atoms with van der Waals surface area (Å²) >= 11 is 9.12. The fraction of sp³-hybridized carbons (Fsp3) is 0.133. The third-order valence-corrected chi connectivity index (χ3v) is 3.53. The Bertz CT molecular complexity index is 587. The molecule has 0 bridgehead atoms. The van der Waals surface area contributed by atoms with E-state index in [-0.39, 0.29) is 5.91 Å². The first kappa shape index (κ1) is 14.9. The molecule has 0 aromatic heterocycles. The monoisotopic (exact) mass is 353 g/mol. The fourth-order valence-electron chi connectivity index (χ4n) is 1.60. The smallest absolute Gasteiger partial charge is 0.252 e. The number of nitrogens with one attached hydrogen (secondary N) is 1. The van der Waals surface area contributed by atoms with Crippen LogP contribution in [0.3, 0.4) is 0 Å². The van der Waals surface area contributed by atoms with E-state index in [1.165, 1.54) is 0 Å². The molecule has 20 heavy (non-hydrogen) atoms. The molecule has 0 saturated carbocycles. The molecule has 2 aromatic carbocycles. The molecule has 104 valence electrons. The molecule has 5 heteroatoms. The quantitative estimate of drug-likeness (QED) is 0.827. The zero-order chi connectivity index (χ0) is 14.4. The highest BCUT2D eigenvalue weighted by molar-refractivity contribution is 9.10. The summed E-state index contributed by atoms with van der Waals surface area (Å²) in [6, 6.07) is 14.4. The van der Waals surface area contributed by atoms with Crippen molar-refractivity contribution in [3.05, 3.63) is 63.6 Å². The molecule has 0 radical (unpaired) electrons. The standard InChI is InChI=1S/C15H13BrClNO2/c16-14-4-2-1-3-13(14)15(19)18-9-10-20-12-7-5-11(17)6-8-12/h1-8H,9-10H2,(H,18,19). The maximum atomic E-state index is 11.9. The summed E-state index contributed by atoms with van der Waals surface area (Å²) in [5.74, 6) is 0.599. The van der Waals surface area contributed by atoms with Crippen LogP contribution >= 0.6 is 27.5 Å². The van der Waals surface area contributed by atoms with Crippen LogP contribution in [0.2, 0.25) is 5.02 Å². The Labute approximate surface area is 131 Å². The average molecular weight is 355 g/mol. The summed E-state index contributed by atoms with van der Waals surface area (Å²) in [6.07, 6.45) is 0. The van der Waals surface area contributed by atoms with Crippen molar-refractivity contribution in [1.29, 1.82) is 0 Å². The summed E-state index contributed by atoms with van der Waals surface area (Å²) in [6.45, 7) is 0.834. The summed E-state index contributed by atoms with van der Waals surface area (Å²) in [7, 11) is 0. The van der Waals surface area contributed by atoms with Gasteiger partial charge in [-0.25, -0.2) is 0 Å². The Hall–Kier alpha value is -1.52. The summed E-state index contributed by atoms with van der Waals surface area (Å²) < 4.78 is 6.27. The lowest BCUT2D eigenvalue weighted by molar-refractivity contribution is 0.0946. The van der Waals surface area contributed by atoms with Crippen molar-refractivity contribution < 1.29 is 9.53 Å². The molecule has 0 fully saturated rings. The van der Waals surface area contributed by atoms with E-state index in [2.05, 4.69) is 21.2 Å². The largest absolute Gasteiger partial charge is 0.492 e. The van der Waals surface area contributed by atoms with Gasteiger partial charge in [0.15, 0.2) is 0 Å². The molecule has 0 aliphatic carbocycles. The number of benzene rings is 2. The van der Waals surface area contributed by atoms with Crippen molar-refractivity contribution >= 4 is 33.4 Å². The van der Waals surface area contributed by atoms with E-state index in [9.17, 15) is 4.79 Å². The summed E-state index contributed by atoms with van der Waals surface area (Å²) in [5.41, 5.74) is 0.610. The molecule has 1 N–H and O–H groups in total. The van der Waals surface area contributed by atoms with E-state index in [0.717, 1.165) is 10.2 Å². The van der Waals surface area contributed by atoms with Gasteiger partial charge < -0.3 is 10.1 Å². The molecular formula is C15H13BrClNO2. The van der Waals surface area contributed by atoms with Gasteiger partial charge in [-0.15, -0.1) is 0 Å². The third kappa shape index (κ3) is 4.25. The minimum Gasteiger partial charge on any atom is -0.492 e. The third-order valence-electron chi connectivity index (χ3n) is 2.59. The lowest BCUT2D eigenvalue weighted by Crippen LogP contribution is -2.28. The second-order valence-electron chi connectivity index (χ2n) is 4.04. The number of carbonyl (C=O) groups is 1. The highest BCUT2D eigenvalue weighted by atomic mass is 79.9. The van der Waals surface area contributed by atoms with E-state index < -0.39 is 0 Å². The zero-order valence-corrected chi connectivity index (χ0v) is 12.9. The normalized spacial score (nSPS) is 10.1. The number of ether oxygens (including phenoxy) is 1. The Kier molecular flexibility index (Phi) is 5.44. The predicted molar refractivity (Wildman–Crippen MR) is 83.4 cm³/mol. The number of amides is 1. The molecule has 2 rings (SSSR count). The summed E-state index contributed by atoms with van der Waals surface area (Å²) in [4.78, 5) is 11.9. The molecule has 0 aliphatic rings. The van der Waals surface area contributed by atoms with Crippen LogP contribution in [0.5, 0.6) is 5.75 Å². The van der Waals surface area contributed by atoms with Gasteiger partial charge in [0.1, 0.15) is 12.4 Å². The van der Waals surface area contributed by atoms with Crippen molar-refractivity contribution in [2.45, 2.75) is 0 Å². The molecule has 0 spiro atoms. The van der Waals surface area contributed by atoms with Gasteiger partial charge in [0.05, 0.1) is 12.1 Å². The van der Waals surface area contributed by atoms with Gasteiger partial charge in [0, 0.05) is 9.50 Å². The maximum Gasteiger partial charge on any atom is 0.252 e. The molecule has 0 heterocycles. The van der Waals surface area contributed by atoms with Gasteiger partial charge in [-0.05, 0) is 52.3 Å².